The van der Waals surface area contributed by atoms with Gasteiger partial charge in [-0.3, -0.25) is 9.89 Å². The summed E-state index contributed by atoms with van der Waals surface area (Å²) in [5.41, 5.74) is 0. The lowest BCUT2D eigenvalue weighted by molar-refractivity contribution is 0.0767. The van der Waals surface area contributed by atoms with Gasteiger partial charge in [0.1, 0.15) is 0 Å². The molecule has 4 heterocycles. The smallest absolute Gasteiger partial charge is 0.193 e. The Kier molecular flexibility index (Phi) is 7.44. The molecule has 0 aliphatic carbocycles. The molecule has 0 aromatic heterocycles. The Bertz CT molecular complexity index is 465. The first-order chi connectivity index (χ1) is 12.3. The normalized spacial score (nSPS) is 34.8. The van der Waals surface area contributed by atoms with Crippen LogP contribution in [0.4, 0.5) is 0 Å². The molecule has 4 aliphatic rings. The van der Waals surface area contributed by atoms with Gasteiger partial charge in [-0.1, -0.05) is 6.92 Å². The number of nitrogens with one attached hydrogen (secondary N) is 1. The highest BCUT2D eigenvalue weighted by Crippen LogP contribution is 2.47. The molecule has 0 spiro atoms. The molecule has 4 fully saturated rings. The van der Waals surface area contributed by atoms with E-state index >= 15 is 0 Å². The van der Waals surface area contributed by atoms with E-state index in [1.54, 1.807) is 0 Å². The predicted octanol–water partition coefficient (Wildman–Crippen LogP) is 1.32. The van der Waals surface area contributed by atoms with Gasteiger partial charge in [0.25, 0.3) is 0 Å². The molecule has 0 aromatic carbocycles. The number of aliphatic imine (C=N–C) groups is 1. The lowest BCUT2D eigenvalue weighted by Gasteiger charge is -2.33. The number of ether oxygens (including phenoxy) is 1. The Labute approximate surface area is 175 Å². The minimum atomic E-state index is 0. The lowest BCUT2D eigenvalue weighted by atomic mass is 9.82. The highest BCUT2D eigenvalue weighted by molar-refractivity contribution is 14.0. The van der Waals surface area contributed by atoms with Crippen LogP contribution in [-0.4, -0.2) is 98.3 Å². The van der Waals surface area contributed by atoms with Gasteiger partial charge in [0.2, 0.25) is 0 Å². The quantitative estimate of drug-likeness (QED) is 0.368. The SMILES string of the molecule is CCNC(=NCCN1CCN(CC)CC1)N1CC2C3CCC(O3)C2C1.I. The van der Waals surface area contributed by atoms with E-state index in [9.17, 15) is 0 Å². The fourth-order valence-corrected chi connectivity index (χ4v) is 5.19. The third kappa shape index (κ3) is 4.31. The summed E-state index contributed by atoms with van der Waals surface area (Å²) >= 11 is 0. The zero-order valence-electron chi connectivity index (χ0n) is 16.4. The van der Waals surface area contributed by atoms with Gasteiger partial charge in [-0.2, -0.15) is 0 Å². The van der Waals surface area contributed by atoms with Crippen LogP contribution in [0.2, 0.25) is 0 Å². The molecule has 4 aliphatic heterocycles. The Morgan fingerprint density at radius 3 is 2.19 bits per heavy atom. The second-order valence-corrected chi connectivity index (χ2v) is 8.03. The van der Waals surface area contributed by atoms with E-state index < -0.39 is 0 Å². The maximum Gasteiger partial charge on any atom is 0.193 e. The Hall–Kier alpha value is -0.120. The van der Waals surface area contributed by atoms with E-state index in [1.807, 2.05) is 0 Å². The van der Waals surface area contributed by atoms with E-state index in [0.29, 0.717) is 12.2 Å². The topological polar surface area (TPSA) is 43.3 Å². The summed E-state index contributed by atoms with van der Waals surface area (Å²) in [6.07, 6.45) is 3.60. The Morgan fingerprint density at radius 2 is 1.62 bits per heavy atom. The molecule has 0 aromatic rings. The van der Waals surface area contributed by atoms with Crippen LogP contribution in [0.3, 0.4) is 0 Å². The number of likely N-dealkylation sites (tertiary alicyclic amines) is 1. The highest BCUT2D eigenvalue weighted by atomic mass is 127. The monoisotopic (exact) mass is 477 g/mol. The van der Waals surface area contributed by atoms with Gasteiger partial charge in [-0.05, 0) is 26.3 Å². The first-order valence-electron chi connectivity index (χ1n) is 10.4. The molecule has 6 nitrogen and oxygen atoms in total. The summed E-state index contributed by atoms with van der Waals surface area (Å²) in [7, 11) is 0. The van der Waals surface area contributed by atoms with Crippen molar-refractivity contribution in [3.63, 3.8) is 0 Å². The molecule has 4 atom stereocenters. The molecule has 0 radical (unpaired) electrons. The zero-order valence-corrected chi connectivity index (χ0v) is 18.7. The Morgan fingerprint density at radius 1 is 1.00 bits per heavy atom. The maximum absolute atomic E-state index is 6.11. The predicted molar refractivity (Wildman–Crippen MR) is 116 cm³/mol. The zero-order chi connectivity index (χ0) is 17.2. The number of rotatable bonds is 5. The number of hydrogen-bond acceptors (Lipinski definition) is 4. The van der Waals surface area contributed by atoms with Crippen LogP contribution in [0.5, 0.6) is 0 Å². The second-order valence-electron chi connectivity index (χ2n) is 8.03. The fraction of sp³-hybridized carbons (Fsp3) is 0.947. The third-order valence-electron chi connectivity index (χ3n) is 6.68. The van der Waals surface area contributed by atoms with Crippen molar-refractivity contribution < 1.29 is 4.74 Å². The van der Waals surface area contributed by atoms with E-state index in [0.717, 1.165) is 50.5 Å². The van der Waals surface area contributed by atoms with Crippen LogP contribution in [-0.2, 0) is 4.74 Å². The van der Waals surface area contributed by atoms with Crippen LogP contribution in [0.25, 0.3) is 0 Å². The molecule has 7 heteroatoms. The second kappa shape index (κ2) is 9.39. The minimum absolute atomic E-state index is 0. The first-order valence-corrected chi connectivity index (χ1v) is 10.4. The van der Waals surface area contributed by atoms with Crippen LogP contribution in [0, 0.1) is 11.8 Å². The first kappa shape index (κ1) is 20.6. The van der Waals surface area contributed by atoms with Crippen LogP contribution in [0.15, 0.2) is 4.99 Å². The van der Waals surface area contributed by atoms with Crippen LogP contribution < -0.4 is 5.32 Å². The molecule has 1 N–H and O–H groups in total. The summed E-state index contributed by atoms with van der Waals surface area (Å²) in [4.78, 5) is 12.6. The molecule has 150 valence electrons. The van der Waals surface area contributed by atoms with Crippen molar-refractivity contribution in [1.82, 2.24) is 20.0 Å². The number of piperazine rings is 1. The van der Waals surface area contributed by atoms with E-state index in [4.69, 9.17) is 9.73 Å². The average molecular weight is 477 g/mol. The van der Waals surface area contributed by atoms with Gasteiger partial charge in [0, 0.05) is 64.2 Å². The van der Waals surface area contributed by atoms with Gasteiger partial charge < -0.3 is 19.9 Å². The summed E-state index contributed by atoms with van der Waals surface area (Å²) in [6, 6.07) is 0. The summed E-state index contributed by atoms with van der Waals surface area (Å²) in [5, 5.41) is 3.53. The summed E-state index contributed by atoms with van der Waals surface area (Å²) in [5.74, 6) is 2.61. The lowest BCUT2D eigenvalue weighted by Crippen LogP contribution is -2.47. The van der Waals surface area contributed by atoms with Crippen molar-refractivity contribution in [2.75, 3.05) is 65.4 Å². The van der Waals surface area contributed by atoms with Crippen LogP contribution >= 0.6 is 24.0 Å². The van der Waals surface area contributed by atoms with Gasteiger partial charge >= 0.3 is 0 Å². The third-order valence-corrected chi connectivity index (χ3v) is 6.68. The maximum atomic E-state index is 6.11. The summed E-state index contributed by atoms with van der Waals surface area (Å²) < 4.78 is 6.11. The Balaban J connectivity index is 0.00000196. The number of likely N-dealkylation sites (N-methyl/N-ethyl adjacent to an activating group) is 1. The van der Waals surface area contributed by atoms with E-state index in [2.05, 4.69) is 33.9 Å². The molecular weight excluding hydrogens is 441 g/mol. The molecule has 4 unspecified atom stereocenters. The molecule has 2 bridgehead atoms. The van der Waals surface area contributed by atoms with E-state index in [-0.39, 0.29) is 24.0 Å². The molecule has 26 heavy (non-hydrogen) atoms. The van der Waals surface area contributed by atoms with Gasteiger partial charge in [0.15, 0.2) is 5.96 Å². The number of nitrogens with zero attached hydrogens (tertiary/aromatic N) is 4. The molecule has 0 saturated carbocycles. The highest BCUT2D eigenvalue weighted by Gasteiger charge is 2.53. The molecule has 4 rings (SSSR count). The van der Waals surface area contributed by atoms with E-state index in [1.165, 1.54) is 45.6 Å². The average Bonchev–Trinajstić information content (AvgIpc) is 3.34. The number of hydrogen-bond donors (Lipinski definition) is 1. The standard InChI is InChI=1S/C19H35N5O.HI/c1-3-20-19(21-7-8-23-11-9-22(4-2)10-12-23)24-13-15-16(14-24)18-6-5-17(15)25-18;/h15-18H,3-14H2,1-2H3,(H,20,21);1H. The van der Waals surface area contributed by atoms with Crippen molar-refractivity contribution in [2.45, 2.75) is 38.9 Å². The summed E-state index contributed by atoms with van der Waals surface area (Å²) in [6.45, 7) is 15.6. The number of fused-ring (bicyclic) bond motifs is 5. The molecule has 4 saturated heterocycles. The van der Waals surface area contributed by atoms with Crippen molar-refractivity contribution in [3.8, 4) is 0 Å². The van der Waals surface area contributed by atoms with Crippen molar-refractivity contribution in [2.24, 2.45) is 16.8 Å². The van der Waals surface area contributed by atoms with Gasteiger partial charge in [-0.25, -0.2) is 0 Å². The van der Waals surface area contributed by atoms with Gasteiger partial charge in [-0.15, -0.1) is 24.0 Å². The number of halogens is 1. The fourth-order valence-electron chi connectivity index (χ4n) is 5.19. The minimum Gasteiger partial charge on any atom is -0.374 e. The molecule has 0 amide bonds. The molecular formula is C19H36IN5O. The van der Waals surface area contributed by atoms with Crippen molar-refractivity contribution in [1.29, 1.82) is 0 Å². The van der Waals surface area contributed by atoms with Gasteiger partial charge in [0.05, 0.1) is 18.8 Å². The van der Waals surface area contributed by atoms with Crippen LogP contribution in [0.1, 0.15) is 26.7 Å². The largest absolute Gasteiger partial charge is 0.374 e. The van der Waals surface area contributed by atoms with Crippen molar-refractivity contribution >= 4 is 29.9 Å². The van der Waals surface area contributed by atoms with Crippen molar-refractivity contribution in [3.05, 3.63) is 0 Å². The number of guanidine groups is 1.